The minimum atomic E-state index is -2.48. The highest BCUT2D eigenvalue weighted by Crippen LogP contribution is 2.36. The fraction of sp³-hybridized carbons (Fsp3) is 0.571. The molecule has 3 aromatic rings. The second-order valence-electron chi connectivity index (χ2n) is 8.76. The lowest BCUT2D eigenvalue weighted by Crippen LogP contribution is -2.37. The van der Waals surface area contributed by atoms with Gasteiger partial charge in [0.1, 0.15) is 5.52 Å². The van der Waals surface area contributed by atoms with Gasteiger partial charge in [0.2, 0.25) is 11.9 Å². The SMILES string of the molecule is CC1Cn2ccc3nc(NCc4cnn(CC5CCC(F)(F)CC5)c4)nc(c32)N1C. The van der Waals surface area contributed by atoms with Crippen molar-refractivity contribution in [2.24, 2.45) is 5.92 Å². The minimum absolute atomic E-state index is 0.00964. The second kappa shape index (κ2) is 7.21. The maximum Gasteiger partial charge on any atom is 0.248 e. The average Bonchev–Trinajstić information content (AvgIpc) is 3.33. The van der Waals surface area contributed by atoms with Crippen LogP contribution < -0.4 is 10.2 Å². The molecule has 30 heavy (non-hydrogen) atoms. The molecule has 9 heteroatoms. The van der Waals surface area contributed by atoms with E-state index in [4.69, 9.17) is 4.98 Å². The summed E-state index contributed by atoms with van der Waals surface area (Å²) in [5.41, 5.74) is 3.03. The van der Waals surface area contributed by atoms with E-state index in [0.29, 0.717) is 37.9 Å². The first kappa shape index (κ1) is 19.3. The second-order valence-corrected chi connectivity index (χ2v) is 8.76. The number of nitrogens with zero attached hydrogens (tertiary/aromatic N) is 6. The molecular formula is C21H27F2N7. The molecule has 5 rings (SSSR count). The molecule has 0 radical (unpaired) electrons. The molecule has 7 nitrogen and oxygen atoms in total. The fourth-order valence-electron chi connectivity index (χ4n) is 4.51. The number of anilines is 2. The van der Waals surface area contributed by atoms with Gasteiger partial charge in [-0.15, -0.1) is 0 Å². The zero-order valence-corrected chi connectivity index (χ0v) is 17.4. The van der Waals surface area contributed by atoms with E-state index in [-0.39, 0.29) is 18.8 Å². The van der Waals surface area contributed by atoms with E-state index in [1.165, 1.54) is 0 Å². The van der Waals surface area contributed by atoms with Crippen molar-refractivity contribution in [2.75, 3.05) is 17.3 Å². The number of halogens is 2. The number of likely N-dealkylation sites (N-methyl/N-ethyl adjacent to an activating group) is 1. The summed E-state index contributed by atoms with van der Waals surface area (Å²) in [4.78, 5) is 11.6. The van der Waals surface area contributed by atoms with E-state index in [2.05, 4.69) is 45.0 Å². The Kier molecular flexibility index (Phi) is 4.63. The summed E-state index contributed by atoms with van der Waals surface area (Å²) < 4.78 is 30.8. The van der Waals surface area contributed by atoms with Crippen molar-refractivity contribution in [3.63, 3.8) is 0 Å². The molecular weight excluding hydrogens is 388 g/mol. The lowest BCUT2D eigenvalue weighted by molar-refractivity contribution is -0.0476. The molecule has 1 aliphatic carbocycles. The van der Waals surface area contributed by atoms with Crippen LogP contribution in [0.3, 0.4) is 0 Å². The largest absolute Gasteiger partial charge is 0.353 e. The van der Waals surface area contributed by atoms with Crippen LogP contribution in [0.15, 0.2) is 24.7 Å². The van der Waals surface area contributed by atoms with Crippen LogP contribution >= 0.6 is 0 Å². The molecule has 0 spiro atoms. The van der Waals surface area contributed by atoms with Gasteiger partial charge in [0.25, 0.3) is 0 Å². The Hall–Kier alpha value is -2.71. The number of nitrogens with one attached hydrogen (secondary N) is 1. The van der Waals surface area contributed by atoms with Crippen LogP contribution in [-0.4, -0.2) is 43.3 Å². The molecule has 1 saturated carbocycles. The highest BCUT2D eigenvalue weighted by molar-refractivity contribution is 5.89. The number of rotatable bonds is 5. The number of aromatic nitrogens is 5. The van der Waals surface area contributed by atoms with Crippen molar-refractivity contribution >= 4 is 22.8 Å². The maximum absolute atomic E-state index is 13.3. The molecule has 0 amide bonds. The minimum Gasteiger partial charge on any atom is -0.353 e. The van der Waals surface area contributed by atoms with E-state index in [1.807, 2.05) is 23.1 Å². The quantitative estimate of drug-likeness (QED) is 0.685. The van der Waals surface area contributed by atoms with Gasteiger partial charge in [0, 0.05) is 63.5 Å². The van der Waals surface area contributed by atoms with Crippen LogP contribution in [0, 0.1) is 5.92 Å². The molecule has 1 N–H and O–H groups in total. The van der Waals surface area contributed by atoms with Gasteiger partial charge in [-0.25, -0.2) is 13.8 Å². The van der Waals surface area contributed by atoms with Crippen molar-refractivity contribution in [3.8, 4) is 0 Å². The summed E-state index contributed by atoms with van der Waals surface area (Å²) >= 11 is 0. The van der Waals surface area contributed by atoms with Crippen molar-refractivity contribution in [3.05, 3.63) is 30.2 Å². The summed E-state index contributed by atoms with van der Waals surface area (Å²) in [5.74, 6) is -0.677. The topological polar surface area (TPSA) is 63.8 Å². The summed E-state index contributed by atoms with van der Waals surface area (Å²) in [7, 11) is 2.07. The molecule has 2 aliphatic rings. The van der Waals surface area contributed by atoms with Crippen molar-refractivity contribution < 1.29 is 8.78 Å². The zero-order valence-electron chi connectivity index (χ0n) is 17.4. The highest BCUT2D eigenvalue weighted by Gasteiger charge is 2.35. The van der Waals surface area contributed by atoms with Gasteiger partial charge in [0.15, 0.2) is 5.82 Å². The summed E-state index contributed by atoms with van der Waals surface area (Å²) in [6.07, 6.45) is 6.96. The van der Waals surface area contributed by atoms with Gasteiger partial charge in [-0.3, -0.25) is 4.68 Å². The third kappa shape index (κ3) is 3.61. The Morgan fingerprint density at radius 3 is 2.83 bits per heavy atom. The van der Waals surface area contributed by atoms with E-state index < -0.39 is 5.92 Å². The maximum atomic E-state index is 13.3. The monoisotopic (exact) mass is 415 g/mol. The molecule has 0 bridgehead atoms. The van der Waals surface area contributed by atoms with Gasteiger partial charge in [-0.2, -0.15) is 10.1 Å². The van der Waals surface area contributed by atoms with E-state index in [1.54, 1.807) is 0 Å². The third-order valence-corrected chi connectivity index (χ3v) is 6.47. The normalized spacial score (nSPS) is 21.3. The third-order valence-electron chi connectivity index (χ3n) is 6.47. The van der Waals surface area contributed by atoms with E-state index >= 15 is 0 Å². The highest BCUT2D eigenvalue weighted by atomic mass is 19.3. The average molecular weight is 415 g/mol. The van der Waals surface area contributed by atoms with Gasteiger partial charge >= 0.3 is 0 Å². The Balaban J connectivity index is 1.25. The number of hydrogen-bond donors (Lipinski definition) is 1. The van der Waals surface area contributed by atoms with Crippen molar-refractivity contribution in [2.45, 2.75) is 64.2 Å². The fourth-order valence-corrected chi connectivity index (χ4v) is 4.51. The first-order valence-electron chi connectivity index (χ1n) is 10.6. The Morgan fingerprint density at radius 1 is 1.23 bits per heavy atom. The Bertz CT molecular complexity index is 1050. The van der Waals surface area contributed by atoms with Gasteiger partial charge in [0.05, 0.1) is 11.7 Å². The van der Waals surface area contributed by atoms with Gasteiger partial charge < -0.3 is 14.8 Å². The molecule has 1 fully saturated rings. The first-order chi connectivity index (χ1) is 14.4. The van der Waals surface area contributed by atoms with Crippen LogP contribution in [0.4, 0.5) is 20.5 Å². The zero-order chi connectivity index (χ0) is 20.9. The van der Waals surface area contributed by atoms with Crippen molar-refractivity contribution in [1.82, 2.24) is 24.3 Å². The van der Waals surface area contributed by atoms with Crippen molar-refractivity contribution in [1.29, 1.82) is 0 Å². The van der Waals surface area contributed by atoms with Gasteiger partial charge in [-0.05, 0) is 31.7 Å². The molecule has 3 aromatic heterocycles. The first-order valence-corrected chi connectivity index (χ1v) is 10.6. The Labute approximate surface area is 174 Å². The van der Waals surface area contributed by atoms with Crippen LogP contribution in [0.25, 0.3) is 11.0 Å². The number of alkyl halides is 2. The Morgan fingerprint density at radius 2 is 2.03 bits per heavy atom. The van der Waals surface area contributed by atoms with Crippen LogP contribution in [0.2, 0.25) is 0 Å². The van der Waals surface area contributed by atoms with E-state index in [9.17, 15) is 8.78 Å². The molecule has 0 saturated heterocycles. The molecule has 1 aliphatic heterocycles. The molecule has 4 heterocycles. The summed E-state index contributed by atoms with van der Waals surface area (Å²) in [5, 5.41) is 7.73. The summed E-state index contributed by atoms with van der Waals surface area (Å²) in [6.45, 7) is 4.37. The van der Waals surface area contributed by atoms with E-state index in [0.717, 1.165) is 29.0 Å². The van der Waals surface area contributed by atoms with Crippen LogP contribution in [-0.2, 0) is 19.6 Å². The van der Waals surface area contributed by atoms with Gasteiger partial charge in [-0.1, -0.05) is 0 Å². The summed E-state index contributed by atoms with van der Waals surface area (Å²) in [6, 6.07) is 2.40. The van der Waals surface area contributed by atoms with Crippen LogP contribution in [0.5, 0.6) is 0 Å². The lowest BCUT2D eigenvalue weighted by Gasteiger charge is -2.32. The predicted molar refractivity (Wildman–Crippen MR) is 112 cm³/mol. The smallest absolute Gasteiger partial charge is 0.248 e. The van der Waals surface area contributed by atoms with Crippen LogP contribution in [0.1, 0.15) is 38.2 Å². The predicted octanol–water partition coefficient (Wildman–Crippen LogP) is 3.90. The standard InChI is InChI=1S/C21H27F2N7/c1-14-11-29-8-5-17-18(29)19(28(14)2)27-20(26-17)24-9-16-10-25-30(13-16)12-15-3-6-21(22,23)7-4-15/h5,8,10,13-15H,3-4,6-7,9,11-12H2,1-2H3,(H,24,26,27). The molecule has 160 valence electrons. The molecule has 0 aromatic carbocycles. The molecule has 1 atom stereocenters. The lowest BCUT2D eigenvalue weighted by atomic mass is 9.87. The number of hydrogen-bond acceptors (Lipinski definition) is 5. The molecule has 1 unspecified atom stereocenters.